The molecule has 0 spiro atoms. The van der Waals surface area contributed by atoms with E-state index in [0.717, 1.165) is 5.75 Å². The third kappa shape index (κ3) is 15.6. The van der Waals surface area contributed by atoms with Gasteiger partial charge in [-0.05, 0) is 6.42 Å². The van der Waals surface area contributed by atoms with Crippen molar-refractivity contribution in [3.05, 3.63) is 0 Å². The number of rotatable bonds is 7. The molecule has 0 aliphatic heterocycles. The molecule has 0 aromatic heterocycles. The van der Waals surface area contributed by atoms with E-state index in [9.17, 15) is 0 Å². The van der Waals surface area contributed by atoms with Gasteiger partial charge in [-0.3, -0.25) is 0 Å². The minimum atomic E-state index is 0. The Morgan fingerprint density at radius 1 is 1.15 bits per heavy atom. The summed E-state index contributed by atoms with van der Waals surface area (Å²) < 4.78 is 0.587. The van der Waals surface area contributed by atoms with Crippen LogP contribution in [-0.4, -0.2) is 10.1 Å². The third-order valence-corrected chi connectivity index (χ3v) is 2.87. The molecule has 13 heavy (non-hydrogen) atoms. The second-order valence-corrected chi connectivity index (χ2v) is 4.77. The van der Waals surface area contributed by atoms with Gasteiger partial charge in [-0.25, -0.2) is 0 Å². The number of hydrogen-bond acceptors (Lipinski definition) is 2. The van der Waals surface area contributed by atoms with E-state index in [1.807, 2.05) is 0 Å². The van der Waals surface area contributed by atoms with E-state index in [2.05, 4.69) is 6.92 Å². The molecule has 0 unspecified atom stereocenters. The van der Waals surface area contributed by atoms with Crippen molar-refractivity contribution in [3.8, 4) is 0 Å². The molecule has 0 aliphatic rings. The van der Waals surface area contributed by atoms with Gasteiger partial charge in [0.25, 0.3) is 0 Å². The minimum Gasteiger partial charge on any atom is -0.385 e. The first-order chi connectivity index (χ1) is 5.77. The van der Waals surface area contributed by atoms with Crippen LogP contribution in [0.15, 0.2) is 0 Å². The molecule has 2 N–H and O–H groups in total. The molecule has 0 saturated heterocycles. The van der Waals surface area contributed by atoms with Crippen LogP contribution >= 0.6 is 24.0 Å². The first-order valence-electron chi connectivity index (χ1n) is 4.69. The van der Waals surface area contributed by atoms with E-state index in [1.54, 1.807) is 11.8 Å². The Hall–Kier alpha value is 0.863. The van der Waals surface area contributed by atoms with Crippen LogP contribution in [0.2, 0.25) is 0 Å². The molecule has 0 fully saturated rings. The molecule has 0 aromatic rings. The number of thiocarbonyl (C=S) groups is 1. The van der Waals surface area contributed by atoms with Gasteiger partial charge >= 0.3 is 0 Å². The average molecular weight is 271 g/mol. The Labute approximate surface area is 104 Å². The van der Waals surface area contributed by atoms with Crippen molar-refractivity contribution in [2.24, 2.45) is 5.73 Å². The fourth-order valence-corrected chi connectivity index (χ4v) is 1.85. The zero-order chi connectivity index (χ0) is 9.23. The monoisotopic (exact) mass is 269 g/mol. The Kier molecular flexibility index (Phi) is 16.1. The second-order valence-electron chi connectivity index (χ2n) is 2.94. The Balaban J connectivity index is 0. The molecule has 0 heterocycles. The Bertz CT molecular complexity index is 120. The fourth-order valence-electron chi connectivity index (χ4n) is 1.06. The van der Waals surface area contributed by atoms with Crippen molar-refractivity contribution in [2.75, 3.05) is 5.75 Å². The largest absolute Gasteiger partial charge is 0.385 e. The summed E-state index contributed by atoms with van der Waals surface area (Å²) in [5.74, 6) is 1.10. The van der Waals surface area contributed by atoms with Gasteiger partial charge in [0.2, 0.25) is 0 Å². The fraction of sp³-hybridized carbons (Fsp3) is 0.889. The number of unbranched alkanes of at least 4 members (excludes halogenated alkanes) is 5. The summed E-state index contributed by atoms with van der Waals surface area (Å²) in [7, 11) is 0. The van der Waals surface area contributed by atoms with Crippen molar-refractivity contribution in [2.45, 2.75) is 45.4 Å². The van der Waals surface area contributed by atoms with E-state index in [4.69, 9.17) is 18.0 Å². The number of hydrogen-bond donors (Lipinski definition) is 1. The van der Waals surface area contributed by atoms with Gasteiger partial charge in [0, 0.05) is 25.2 Å². The smallest absolute Gasteiger partial charge is 0.131 e. The van der Waals surface area contributed by atoms with E-state index in [1.165, 1.54) is 38.5 Å². The Morgan fingerprint density at radius 3 is 2.23 bits per heavy atom. The van der Waals surface area contributed by atoms with Crippen LogP contribution in [0.5, 0.6) is 0 Å². The van der Waals surface area contributed by atoms with Gasteiger partial charge in [0.05, 0.1) is 0 Å². The standard InChI is InChI=1S/C9H19NS2.Zn/c1-2-3-4-5-6-7-8-12-9(10)11;/h2-8H2,1H3,(H2,10,11);. The van der Waals surface area contributed by atoms with Crippen LogP contribution in [0.3, 0.4) is 0 Å². The Morgan fingerprint density at radius 2 is 1.69 bits per heavy atom. The maximum Gasteiger partial charge on any atom is 0.131 e. The predicted octanol–water partition coefficient (Wildman–Crippen LogP) is 3.32. The summed E-state index contributed by atoms with van der Waals surface area (Å²) >= 11 is 6.36. The van der Waals surface area contributed by atoms with E-state index in [-0.39, 0.29) is 19.5 Å². The zero-order valence-corrected chi connectivity index (χ0v) is 13.2. The van der Waals surface area contributed by atoms with Gasteiger partial charge in [-0.15, -0.1) is 0 Å². The molecule has 0 rings (SSSR count). The normalized spacial score (nSPS) is 9.31. The van der Waals surface area contributed by atoms with Gasteiger partial charge in [-0.2, -0.15) is 0 Å². The summed E-state index contributed by atoms with van der Waals surface area (Å²) in [5, 5.41) is 0. The SMILES string of the molecule is CCCCCCCCSC(N)=S.[Zn]. The van der Waals surface area contributed by atoms with Crippen LogP contribution in [0.25, 0.3) is 0 Å². The predicted molar refractivity (Wildman–Crippen MR) is 62.6 cm³/mol. The van der Waals surface area contributed by atoms with E-state index in [0.29, 0.717) is 4.32 Å². The van der Waals surface area contributed by atoms with Crippen LogP contribution < -0.4 is 5.73 Å². The minimum absolute atomic E-state index is 0. The van der Waals surface area contributed by atoms with Crippen molar-refractivity contribution in [1.82, 2.24) is 0 Å². The molecule has 0 amide bonds. The zero-order valence-electron chi connectivity index (χ0n) is 8.55. The van der Waals surface area contributed by atoms with Crippen LogP contribution in [0.1, 0.15) is 45.4 Å². The molecule has 0 bridgehead atoms. The summed E-state index contributed by atoms with van der Waals surface area (Å²) in [6, 6.07) is 0. The summed E-state index contributed by atoms with van der Waals surface area (Å²) in [5.41, 5.74) is 5.35. The molecule has 0 saturated carbocycles. The molecule has 0 atom stereocenters. The molecular formula is C9H19NS2Zn. The van der Waals surface area contributed by atoms with Crippen molar-refractivity contribution >= 4 is 28.3 Å². The van der Waals surface area contributed by atoms with E-state index >= 15 is 0 Å². The summed E-state index contributed by atoms with van der Waals surface area (Å²) in [4.78, 5) is 0. The maximum absolute atomic E-state index is 5.35. The molecule has 0 aromatic carbocycles. The molecule has 1 nitrogen and oxygen atoms in total. The van der Waals surface area contributed by atoms with Crippen LogP contribution in [0.4, 0.5) is 0 Å². The number of nitrogens with two attached hydrogens (primary N) is 1. The third-order valence-electron chi connectivity index (χ3n) is 1.74. The maximum atomic E-state index is 5.35. The van der Waals surface area contributed by atoms with Gasteiger partial charge in [-0.1, -0.05) is 63.0 Å². The van der Waals surface area contributed by atoms with E-state index < -0.39 is 0 Å². The molecule has 4 heteroatoms. The number of thioether (sulfide) groups is 1. The molecule has 0 radical (unpaired) electrons. The molecular weight excluding hydrogens is 252 g/mol. The second kappa shape index (κ2) is 12.9. The molecule has 0 aliphatic carbocycles. The summed E-state index contributed by atoms with van der Waals surface area (Å²) in [6.45, 7) is 2.24. The molecule has 74 valence electrons. The summed E-state index contributed by atoms with van der Waals surface area (Å²) in [6.07, 6.45) is 8.03. The van der Waals surface area contributed by atoms with Crippen molar-refractivity contribution in [1.29, 1.82) is 0 Å². The topological polar surface area (TPSA) is 26.0 Å². The van der Waals surface area contributed by atoms with Gasteiger partial charge in [0.1, 0.15) is 4.32 Å². The first-order valence-corrected chi connectivity index (χ1v) is 6.09. The average Bonchev–Trinajstić information content (AvgIpc) is 2.02. The quantitative estimate of drug-likeness (QED) is 0.437. The first kappa shape index (κ1) is 16.3. The van der Waals surface area contributed by atoms with Gasteiger partial charge < -0.3 is 5.73 Å². The van der Waals surface area contributed by atoms with Gasteiger partial charge in [0.15, 0.2) is 0 Å². The van der Waals surface area contributed by atoms with Crippen LogP contribution in [-0.2, 0) is 19.5 Å². The van der Waals surface area contributed by atoms with Crippen molar-refractivity contribution < 1.29 is 19.5 Å². The van der Waals surface area contributed by atoms with Crippen LogP contribution in [0, 0.1) is 0 Å². The van der Waals surface area contributed by atoms with Crippen molar-refractivity contribution in [3.63, 3.8) is 0 Å².